The van der Waals surface area contributed by atoms with Gasteiger partial charge in [-0.15, -0.1) is 0 Å². The molecule has 0 aromatic heterocycles. The minimum Gasteiger partial charge on any atom is -0.381 e. The highest BCUT2D eigenvalue weighted by atomic mass is 35.5. The van der Waals surface area contributed by atoms with Gasteiger partial charge in [-0.2, -0.15) is 13.2 Å². The highest BCUT2D eigenvalue weighted by Crippen LogP contribution is 2.36. The van der Waals surface area contributed by atoms with E-state index in [0.717, 1.165) is 31.4 Å². The van der Waals surface area contributed by atoms with Gasteiger partial charge in [0.2, 0.25) is 0 Å². The lowest BCUT2D eigenvalue weighted by Crippen LogP contribution is -2.30. The van der Waals surface area contributed by atoms with E-state index in [4.69, 9.17) is 11.6 Å². The first-order valence-corrected chi connectivity index (χ1v) is 7.28. The molecule has 3 unspecified atom stereocenters. The van der Waals surface area contributed by atoms with Crippen LogP contribution >= 0.6 is 11.6 Å². The molecular weight excluding hydrogens is 287 g/mol. The second-order valence-electron chi connectivity index (χ2n) is 5.80. The third-order valence-electron chi connectivity index (χ3n) is 4.25. The van der Waals surface area contributed by atoms with Crippen molar-refractivity contribution in [3.05, 3.63) is 28.8 Å². The Kier molecular flexibility index (Phi) is 4.52. The smallest absolute Gasteiger partial charge is 0.381 e. The zero-order chi connectivity index (χ0) is 14.9. The summed E-state index contributed by atoms with van der Waals surface area (Å²) in [6, 6.07) is 3.77. The molecule has 0 saturated heterocycles. The molecule has 0 aliphatic heterocycles. The number of halogens is 4. The van der Waals surface area contributed by atoms with Crippen LogP contribution in [-0.4, -0.2) is 6.04 Å². The van der Waals surface area contributed by atoms with Gasteiger partial charge in [-0.3, -0.25) is 0 Å². The third-order valence-corrected chi connectivity index (χ3v) is 4.57. The molecule has 1 aromatic rings. The molecule has 0 bridgehead atoms. The van der Waals surface area contributed by atoms with Crippen molar-refractivity contribution in [3.8, 4) is 0 Å². The summed E-state index contributed by atoms with van der Waals surface area (Å²) >= 11 is 5.96. The summed E-state index contributed by atoms with van der Waals surface area (Å²) in [6.45, 7) is 4.46. The van der Waals surface area contributed by atoms with Gasteiger partial charge in [0.1, 0.15) is 0 Å². The van der Waals surface area contributed by atoms with Gasteiger partial charge in [0.25, 0.3) is 0 Å². The van der Waals surface area contributed by atoms with Gasteiger partial charge in [-0.25, -0.2) is 0 Å². The lowest BCUT2D eigenvalue weighted by molar-refractivity contribution is -0.137. The summed E-state index contributed by atoms with van der Waals surface area (Å²) in [5, 5.41) is 3.41. The molecule has 20 heavy (non-hydrogen) atoms. The highest BCUT2D eigenvalue weighted by Gasteiger charge is 2.31. The maximum absolute atomic E-state index is 12.6. The van der Waals surface area contributed by atoms with Gasteiger partial charge in [-0.1, -0.05) is 25.4 Å². The van der Waals surface area contributed by atoms with E-state index in [0.29, 0.717) is 17.5 Å². The molecule has 0 amide bonds. The van der Waals surface area contributed by atoms with E-state index in [-0.39, 0.29) is 11.1 Å². The maximum atomic E-state index is 12.6. The van der Waals surface area contributed by atoms with E-state index in [9.17, 15) is 13.2 Å². The Hall–Kier alpha value is -0.900. The fraction of sp³-hybridized carbons (Fsp3) is 0.600. The molecule has 1 nitrogen and oxygen atoms in total. The molecule has 1 aliphatic rings. The van der Waals surface area contributed by atoms with E-state index in [1.54, 1.807) is 0 Å². The van der Waals surface area contributed by atoms with Gasteiger partial charge in [0, 0.05) is 6.04 Å². The molecule has 2 rings (SSSR count). The fourth-order valence-corrected chi connectivity index (χ4v) is 2.94. The van der Waals surface area contributed by atoms with Gasteiger partial charge in [0.05, 0.1) is 16.3 Å². The SMILES string of the molecule is CC1CCC(Nc2ccc(C(F)(F)F)cc2Cl)CC1C. The standard InChI is InChI=1S/C15H19ClF3N/c1-9-3-5-12(7-10(9)2)20-14-6-4-11(8-13(14)16)15(17,18)19/h4,6,8-10,12,20H,3,5,7H2,1-2H3. The van der Waals surface area contributed by atoms with Crippen LogP contribution in [0.4, 0.5) is 18.9 Å². The second kappa shape index (κ2) is 5.84. The topological polar surface area (TPSA) is 12.0 Å². The molecule has 1 fully saturated rings. The Bertz CT molecular complexity index is 473. The van der Waals surface area contributed by atoms with Crippen molar-refractivity contribution in [2.45, 2.75) is 45.3 Å². The molecule has 3 atom stereocenters. The van der Waals surface area contributed by atoms with E-state index in [2.05, 4.69) is 19.2 Å². The molecule has 1 aromatic carbocycles. The molecule has 0 spiro atoms. The summed E-state index contributed by atoms with van der Waals surface area (Å²) in [7, 11) is 0. The number of anilines is 1. The largest absolute Gasteiger partial charge is 0.416 e. The van der Waals surface area contributed by atoms with Crippen molar-refractivity contribution < 1.29 is 13.2 Å². The Labute approximate surface area is 122 Å². The first kappa shape index (κ1) is 15.5. The summed E-state index contributed by atoms with van der Waals surface area (Å²) in [6.07, 6.45) is -1.16. The van der Waals surface area contributed by atoms with Crippen LogP contribution in [0.15, 0.2) is 18.2 Å². The predicted molar refractivity (Wildman–Crippen MR) is 76.0 cm³/mol. The van der Waals surface area contributed by atoms with Crippen LogP contribution in [0, 0.1) is 11.8 Å². The van der Waals surface area contributed by atoms with Crippen molar-refractivity contribution in [1.82, 2.24) is 0 Å². The number of rotatable bonds is 2. The lowest BCUT2D eigenvalue weighted by atomic mass is 9.79. The number of benzene rings is 1. The van der Waals surface area contributed by atoms with Gasteiger partial charge < -0.3 is 5.32 Å². The quantitative estimate of drug-likeness (QED) is 0.750. The minimum atomic E-state index is -4.35. The molecule has 0 heterocycles. The zero-order valence-electron chi connectivity index (χ0n) is 11.6. The fourth-order valence-electron chi connectivity index (χ4n) is 2.71. The molecule has 112 valence electrons. The first-order valence-electron chi connectivity index (χ1n) is 6.90. The molecular formula is C15H19ClF3N. The Balaban J connectivity index is 2.07. The molecule has 1 aliphatic carbocycles. The average Bonchev–Trinajstić information content (AvgIpc) is 2.35. The van der Waals surface area contributed by atoms with E-state index < -0.39 is 11.7 Å². The Morgan fingerprint density at radius 1 is 1.15 bits per heavy atom. The van der Waals surface area contributed by atoms with Crippen molar-refractivity contribution in [1.29, 1.82) is 0 Å². The van der Waals surface area contributed by atoms with E-state index >= 15 is 0 Å². The molecule has 5 heteroatoms. The van der Waals surface area contributed by atoms with Gasteiger partial charge in [0.15, 0.2) is 0 Å². The third kappa shape index (κ3) is 3.60. The Morgan fingerprint density at radius 3 is 2.40 bits per heavy atom. The van der Waals surface area contributed by atoms with Crippen LogP contribution in [0.3, 0.4) is 0 Å². The van der Waals surface area contributed by atoms with E-state index in [1.807, 2.05) is 0 Å². The highest BCUT2D eigenvalue weighted by molar-refractivity contribution is 6.33. The number of hydrogen-bond donors (Lipinski definition) is 1. The van der Waals surface area contributed by atoms with Gasteiger partial charge in [-0.05, 0) is 49.3 Å². The average molecular weight is 306 g/mol. The van der Waals surface area contributed by atoms with Gasteiger partial charge >= 0.3 is 6.18 Å². The monoisotopic (exact) mass is 305 g/mol. The van der Waals surface area contributed by atoms with Crippen LogP contribution in [0.1, 0.15) is 38.7 Å². The lowest BCUT2D eigenvalue weighted by Gasteiger charge is -2.33. The van der Waals surface area contributed by atoms with Crippen LogP contribution < -0.4 is 5.32 Å². The molecule has 1 N–H and O–H groups in total. The predicted octanol–water partition coefficient (Wildman–Crippen LogP) is 5.60. The summed E-state index contributed by atoms with van der Waals surface area (Å²) in [4.78, 5) is 0. The number of nitrogens with one attached hydrogen (secondary N) is 1. The molecule has 0 radical (unpaired) electrons. The van der Waals surface area contributed by atoms with Crippen LogP contribution in [-0.2, 0) is 6.18 Å². The Morgan fingerprint density at radius 2 is 1.85 bits per heavy atom. The summed E-state index contributed by atoms with van der Waals surface area (Å²) < 4.78 is 37.7. The van der Waals surface area contributed by atoms with Crippen LogP contribution in [0.2, 0.25) is 5.02 Å². The normalized spacial score (nSPS) is 27.4. The molecule has 1 saturated carbocycles. The van der Waals surface area contributed by atoms with Crippen molar-refractivity contribution in [2.75, 3.05) is 5.32 Å². The summed E-state index contributed by atoms with van der Waals surface area (Å²) in [5.41, 5.74) is -0.120. The van der Waals surface area contributed by atoms with Crippen molar-refractivity contribution in [2.24, 2.45) is 11.8 Å². The van der Waals surface area contributed by atoms with E-state index in [1.165, 1.54) is 6.07 Å². The second-order valence-corrected chi connectivity index (χ2v) is 6.21. The van der Waals surface area contributed by atoms with Crippen LogP contribution in [0.25, 0.3) is 0 Å². The first-order chi connectivity index (χ1) is 9.27. The van der Waals surface area contributed by atoms with Crippen LogP contribution in [0.5, 0.6) is 0 Å². The van der Waals surface area contributed by atoms with Crippen molar-refractivity contribution in [3.63, 3.8) is 0 Å². The maximum Gasteiger partial charge on any atom is 0.416 e. The number of hydrogen-bond acceptors (Lipinski definition) is 1. The van der Waals surface area contributed by atoms with Crippen molar-refractivity contribution >= 4 is 17.3 Å². The number of alkyl halides is 3. The zero-order valence-corrected chi connectivity index (χ0v) is 12.4. The minimum absolute atomic E-state index is 0.131. The summed E-state index contributed by atoms with van der Waals surface area (Å²) in [5.74, 6) is 1.32.